The molecule has 0 N–H and O–H groups in total. The molecule has 0 saturated heterocycles. The van der Waals surface area contributed by atoms with Crippen LogP contribution in [0.1, 0.15) is 0 Å². The predicted molar refractivity (Wildman–Crippen MR) is 105 cm³/mol. The lowest BCUT2D eigenvalue weighted by molar-refractivity contribution is 0.529. The topological polar surface area (TPSA) is 23.6 Å². The normalized spacial score (nSPS) is 14.1. The predicted octanol–water partition coefficient (Wildman–Crippen LogP) is 4.17. The van der Waals surface area contributed by atoms with E-state index in [1.54, 1.807) is 0 Å². The average molecular weight is 346 g/mol. The van der Waals surface area contributed by atoms with Crippen LogP contribution in [0.2, 0.25) is 0 Å². The van der Waals surface area contributed by atoms with Gasteiger partial charge in [-0.05, 0) is 36.4 Å². The molecule has 3 aromatic carbocycles. The Balaban J connectivity index is 1.74. The first kappa shape index (κ1) is 15.7. The summed E-state index contributed by atoms with van der Waals surface area (Å²) in [5, 5.41) is 1.70. The van der Waals surface area contributed by atoms with Gasteiger partial charge in [0, 0.05) is 28.7 Å². The van der Waals surface area contributed by atoms with Crippen LogP contribution in [0.3, 0.4) is 0 Å². The summed E-state index contributed by atoms with van der Waals surface area (Å²) >= 11 is 0. The average Bonchev–Trinajstić information content (AvgIpc) is 3.20. The Bertz CT molecular complexity index is 867. The molecule has 0 atom stereocenters. The van der Waals surface area contributed by atoms with Crippen LogP contribution in [0.5, 0.6) is 0 Å². The number of benzene rings is 3. The maximum atomic E-state index is 14.2. The van der Waals surface area contributed by atoms with Crippen molar-refractivity contribution in [1.29, 1.82) is 0 Å². The highest BCUT2D eigenvalue weighted by molar-refractivity contribution is 7.76. The Morgan fingerprint density at radius 2 is 1.12 bits per heavy atom. The molecule has 0 aliphatic carbocycles. The van der Waals surface area contributed by atoms with Crippen LogP contribution in [-0.4, -0.2) is 11.3 Å². The SMILES string of the molecule is O=P(c1ccccc1)(c1ccccc1)N1C=CN(c2ccccc2)C1. The molecule has 4 rings (SSSR count). The summed E-state index contributed by atoms with van der Waals surface area (Å²) in [4.78, 5) is 2.11. The molecule has 124 valence electrons. The summed E-state index contributed by atoms with van der Waals surface area (Å²) in [6.45, 7) is 0.561. The highest BCUT2D eigenvalue weighted by Gasteiger charge is 2.35. The monoisotopic (exact) mass is 346 g/mol. The molecule has 0 bridgehead atoms. The van der Waals surface area contributed by atoms with E-state index in [4.69, 9.17) is 0 Å². The molecule has 3 aromatic rings. The molecule has 25 heavy (non-hydrogen) atoms. The van der Waals surface area contributed by atoms with Crippen LogP contribution in [0, 0.1) is 0 Å². The zero-order valence-electron chi connectivity index (χ0n) is 13.8. The molecule has 0 radical (unpaired) electrons. The first-order valence-corrected chi connectivity index (χ1v) is 9.93. The summed E-state index contributed by atoms with van der Waals surface area (Å²) in [6.07, 6.45) is 3.93. The lowest BCUT2D eigenvalue weighted by Crippen LogP contribution is -2.31. The van der Waals surface area contributed by atoms with E-state index >= 15 is 0 Å². The molecular formula is C21H19N2OP. The summed E-state index contributed by atoms with van der Waals surface area (Å²) in [7, 11) is -2.92. The Kier molecular flexibility index (Phi) is 4.17. The second-order valence-corrected chi connectivity index (χ2v) is 8.63. The van der Waals surface area contributed by atoms with Gasteiger partial charge in [0.05, 0.1) is 0 Å². The van der Waals surface area contributed by atoms with Gasteiger partial charge in [0.15, 0.2) is 0 Å². The van der Waals surface area contributed by atoms with Crippen LogP contribution in [-0.2, 0) is 4.57 Å². The van der Waals surface area contributed by atoms with Crippen molar-refractivity contribution >= 4 is 23.6 Å². The van der Waals surface area contributed by atoms with Crippen molar-refractivity contribution in [2.24, 2.45) is 0 Å². The number of hydrogen-bond acceptors (Lipinski definition) is 2. The van der Waals surface area contributed by atoms with E-state index in [-0.39, 0.29) is 0 Å². The van der Waals surface area contributed by atoms with Crippen LogP contribution in [0.25, 0.3) is 0 Å². The van der Waals surface area contributed by atoms with Gasteiger partial charge in [-0.3, -0.25) is 4.57 Å². The van der Waals surface area contributed by atoms with Crippen molar-refractivity contribution < 1.29 is 4.57 Å². The smallest absolute Gasteiger partial charge is 0.230 e. The van der Waals surface area contributed by atoms with Crippen molar-refractivity contribution in [1.82, 2.24) is 4.67 Å². The zero-order valence-corrected chi connectivity index (χ0v) is 14.7. The van der Waals surface area contributed by atoms with Crippen LogP contribution < -0.4 is 15.5 Å². The highest BCUT2D eigenvalue weighted by atomic mass is 31.2. The Hall–Kier alpha value is -2.77. The fraction of sp³-hybridized carbons (Fsp3) is 0.0476. The van der Waals surface area contributed by atoms with E-state index in [0.717, 1.165) is 16.3 Å². The van der Waals surface area contributed by atoms with Gasteiger partial charge in [-0.25, -0.2) is 0 Å². The maximum Gasteiger partial charge on any atom is 0.230 e. The first-order chi connectivity index (χ1) is 12.3. The van der Waals surface area contributed by atoms with Crippen LogP contribution in [0.15, 0.2) is 103 Å². The standard InChI is InChI=1S/C21H19N2OP/c24-25(20-12-6-2-7-13-20,21-14-8-3-9-15-21)23-17-16-22(18-23)19-10-4-1-5-11-19/h1-17H,18H2. The van der Waals surface area contributed by atoms with E-state index in [9.17, 15) is 4.57 Å². The van der Waals surface area contributed by atoms with Gasteiger partial charge in [-0.15, -0.1) is 0 Å². The highest BCUT2D eigenvalue weighted by Crippen LogP contribution is 2.49. The molecule has 0 fully saturated rings. The molecule has 0 spiro atoms. The second kappa shape index (κ2) is 6.62. The summed E-state index contributed by atoms with van der Waals surface area (Å²) in [5.41, 5.74) is 1.09. The molecule has 4 heteroatoms. The van der Waals surface area contributed by atoms with E-state index in [2.05, 4.69) is 17.0 Å². The van der Waals surface area contributed by atoms with Gasteiger partial charge < -0.3 is 9.57 Å². The van der Waals surface area contributed by atoms with Crippen molar-refractivity contribution in [3.63, 3.8) is 0 Å². The lowest BCUT2D eigenvalue weighted by Gasteiger charge is -2.30. The van der Waals surface area contributed by atoms with Crippen molar-refractivity contribution in [2.75, 3.05) is 11.6 Å². The third kappa shape index (κ3) is 2.88. The molecule has 0 saturated carbocycles. The summed E-state index contributed by atoms with van der Waals surface area (Å²) in [5.74, 6) is 0. The van der Waals surface area contributed by atoms with Gasteiger partial charge in [0.25, 0.3) is 0 Å². The fourth-order valence-corrected chi connectivity index (χ4v) is 5.69. The zero-order chi connectivity index (χ0) is 17.1. The van der Waals surface area contributed by atoms with E-state index < -0.39 is 7.29 Å². The quantitative estimate of drug-likeness (QED) is 0.663. The number of anilines is 1. The van der Waals surface area contributed by atoms with Crippen molar-refractivity contribution in [3.8, 4) is 0 Å². The van der Waals surface area contributed by atoms with Gasteiger partial charge in [-0.2, -0.15) is 0 Å². The Labute approximate surface area is 148 Å². The molecule has 1 heterocycles. The molecule has 1 aliphatic heterocycles. The second-order valence-electron chi connectivity index (χ2n) is 5.93. The molecular weight excluding hydrogens is 327 g/mol. The largest absolute Gasteiger partial charge is 0.328 e. The molecule has 3 nitrogen and oxygen atoms in total. The van der Waals surface area contributed by atoms with Gasteiger partial charge in [0.1, 0.15) is 6.67 Å². The molecule has 0 amide bonds. The van der Waals surface area contributed by atoms with Crippen LogP contribution in [0.4, 0.5) is 5.69 Å². The third-order valence-corrected chi connectivity index (χ3v) is 7.36. The summed E-state index contributed by atoms with van der Waals surface area (Å²) in [6, 6.07) is 29.6. The minimum Gasteiger partial charge on any atom is -0.328 e. The lowest BCUT2D eigenvalue weighted by atomic mass is 10.3. The van der Waals surface area contributed by atoms with E-state index in [1.165, 1.54) is 0 Å². The van der Waals surface area contributed by atoms with Gasteiger partial charge in [-0.1, -0.05) is 54.6 Å². The minimum atomic E-state index is -2.92. The van der Waals surface area contributed by atoms with E-state index in [0.29, 0.717) is 6.67 Å². The number of rotatable bonds is 4. The number of nitrogens with zero attached hydrogens (tertiary/aromatic N) is 2. The first-order valence-electron chi connectivity index (χ1n) is 8.27. The Morgan fingerprint density at radius 1 is 0.640 bits per heavy atom. The molecule has 1 aliphatic rings. The van der Waals surface area contributed by atoms with Gasteiger partial charge >= 0.3 is 0 Å². The maximum absolute atomic E-state index is 14.2. The van der Waals surface area contributed by atoms with Crippen LogP contribution >= 0.6 is 7.29 Å². The van der Waals surface area contributed by atoms with Crippen molar-refractivity contribution in [3.05, 3.63) is 103 Å². The fourth-order valence-electron chi connectivity index (χ4n) is 3.08. The molecule has 0 aromatic heterocycles. The van der Waals surface area contributed by atoms with Crippen molar-refractivity contribution in [2.45, 2.75) is 0 Å². The van der Waals surface area contributed by atoms with E-state index in [1.807, 2.05) is 95.9 Å². The Morgan fingerprint density at radius 3 is 1.64 bits per heavy atom. The van der Waals surface area contributed by atoms with Gasteiger partial charge in [0.2, 0.25) is 7.29 Å². The summed E-state index contributed by atoms with van der Waals surface area (Å²) < 4.78 is 16.2. The number of hydrogen-bond donors (Lipinski definition) is 0. The third-order valence-electron chi connectivity index (χ3n) is 4.38. The number of para-hydroxylation sites is 1. The molecule has 0 unspecified atom stereocenters. The minimum absolute atomic E-state index is 0.561.